The lowest BCUT2D eigenvalue weighted by Crippen LogP contribution is -2.33. The van der Waals surface area contributed by atoms with Gasteiger partial charge in [0.05, 0.1) is 33.1 Å². The summed E-state index contributed by atoms with van der Waals surface area (Å²) >= 11 is 0. The first-order valence-electron chi connectivity index (χ1n) is 10.6. The summed E-state index contributed by atoms with van der Waals surface area (Å²) in [6.07, 6.45) is 0.385. The molecule has 2 aliphatic heterocycles. The van der Waals surface area contributed by atoms with E-state index in [2.05, 4.69) is 42.3 Å². The quantitative estimate of drug-likeness (QED) is 0.552. The van der Waals surface area contributed by atoms with E-state index in [1.54, 1.807) is 21.3 Å². The maximum Gasteiger partial charge on any atom is 0.214 e. The lowest BCUT2D eigenvalue weighted by molar-refractivity contribution is -0.0192. The van der Waals surface area contributed by atoms with Gasteiger partial charge >= 0.3 is 0 Å². The van der Waals surface area contributed by atoms with Crippen molar-refractivity contribution >= 4 is 5.71 Å². The van der Waals surface area contributed by atoms with Crippen molar-refractivity contribution in [3.8, 4) is 23.0 Å². The van der Waals surface area contributed by atoms with Crippen LogP contribution >= 0.6 is 0 Å². The molecule has 32 heavy (non-hydrogen) atoms. The van der Waals surface area contributed by atoms with E-state index in [-0.39, 0.29) is 6.04 Å². The second-order valence-corrected chi connectivity index (χ2v) is 7.98. The van der Waals surface area contributed by atoms with Crippen molar-refractivity contribution in [1.29, 1.82) is 0 Å². The summed E-state index contributed by atoms with van der Waals surface area (Å²) in [5.41, 5.74) is 5.43. The number of ether oxygens (including phenoxy) is 4. The normalized spacial score (nSPS) is 18.9. The minimum atomic E-state index is -0.424. The monoisotopic (exact) mass is 430 g/mol. The number of hydrogen-bond acceptors (Lipinski definition) is 6. The summed E-state index contributed by atoms with van der Waals surface area (Å²) in [7, 11) is 4.83. The number of fused-ring (bicyclic) bond motifs is 3. The van der Waals surface area contributed by atoms with Crippen LogP contribution in [-0.2, 0) is 0 Å². The van der Waals surface area contributed by atoms with E-state index in [4.69, 9.17) is 24.0 Å². The van der Waals surface area contributed by atoms with Crippen LogP contribution in [0.5, 0.6) is 23.0 Å². The van der Waals surface area contributed by atoms with E-state index >= 15 is 0 Å². The molecule has 2 heterocycles. The highest BCUT2D eigenvalue weighted by Gasteiger charge is 2.41. The number of rotatable bonds is 5. The highest BCUT2D eigenvalue weighted by molar-refractivity contribution is 6.02. The molecule has 5 rings (SSSR count). The van der Waals surface area contributed by atoms with Gasteiger partial charge in [-0.3, -0.25) is 0 Å². The molecule has 3 aromatic rings. The molecule has 3 aromatic carbocycles. The van der Waals surface area contributed by atoms with E-state index < -0.39 is 6.23 Å². The molecule has 164 valence electrons. The topological polar surface area (TPSA) is 52.5 Å². The van der Waals surface area contributed by atoms with Gasteiger partial charge in [0.1, 0.15) is 5.75 Å². The Labute approximate surface area is 188 Å². The maximum atomic E-state index is 6.47. The lowest BCUT2D eigenvalue weighted by Gasteiger charge is -2.38. The highest BCUT2D eigenvalue weighted by Crippen LogP contribution is 2.49. The first kappa shape index (κ1) is 20.2. The number of hydrazone groups is 1. The van der Waals surface area contributed by atoms with Gasteiger partial charge in [-0.1, -0.05) is 48.0 Å². The van der Waals surface area contributed by atoms with Crippen molar-refractivity contribution in [2.75, 3.05) is 21.3 Å². The van der Waals surface area contributed by atoms with Crippen molar-refractivity contribution in [3.63, 3.8) is 0 Å². The van der Waals surface area contributed by atoms with Crippen molar-refractivity contribution in [2.24, 2.45) is 5.10 Å². The number of methoxy groups -OCH3 is 3. The Kier molecular flexibility index (Phi) is 5.13. The molecule has 0 bridgehead atoms. The van der Waals surface area contributed by atoms with Gasteiger partial charge in [-0.15, -0.1) is 0 Å². The number of aryl methyl sites for hydroxylation is 1. The maximum absolute atomic E-state index is 6.47. The van der Waals surface area contributed by atoms with Crippen LogP contribution in [0, 0.1) is 6.92 Å². The molecule has 2 atom stereocenters. The molecule has 0 aliphatic carbocycles. The lowest BCUT2D eigenvalue weighted by atomic mass is 9.95. The Morgan fingerprint density at radius 1 is 0.906 bits per heavy atom. The predicted molar refractivity (Wildman–Crippen MR) is 123 cm³/mol. The molecule has 6 nitrogen and oxygen atoms in total. The molecule has 0 amide bonds. The van der Waals surface area contributed by atoms with Crippen molar-refractivity contribution in [3.05, 3.63) is 82.9 Å². The summed E-state index contributed by atoms with van der Waals surface area (Å²) in [5, 5.41) is 7.09. The third-order valence-electron chi connectivity index (χ3n) is 6.06. The van der Waals surface area contributed by atoms with Gasteiger partial charge in [-0.25, -0.2) is 5.01 Å². The smallest absolute Gasteiger partial charge is 0.214 e. The highest BCUT2D eigenvalue weighted by atomic mass is 16.5. The van der Waals surface area contributed by atoms with Crippen LogP contribution in [0.1, 0.15) is 40.9 Å². The van der Waals surface area contributed by atoms with Crippen LogP contribution < -0.4 is 18.9 Å². The zero-order chi connectivity index (χ0) is 22.2. The summed E-state index contributed by atoms with van der Waals surface area (Å²) in [6.45, 7) is 2.09. The third-order valence-corrected chi connectivity index (χ3v) is 6.06. The van der Waals surface area contributed by atoms with Crippen LogP contribution in [0.2, 0.25) is 0 Å². The standard InChI is InChI=1S/C26H26N2O4/c1-16-9-11-17(12-10-16)20-15-21-19-7-5-6-8-22(19)32-26(28(21)27-20)18-13-23(29-2)25(31-4)24(14-18)30-3/h5-14,21,26H,15H2,1-4H3. The van der Waals surface area contributed by atoms with Crippen molar-refractivity contribution in [1.82, 2.24) is 5.01 Å². The Morgan fingerprint density at radius 2 is 1.59 bits per heavy atom. The molecule has 6 heteroatoms. The van der Waals surface area contributed by atoms with Gasteiger partial charge in [0.2, 0.25) is 12.0 Å². The van der Waals surface area contributed by atoms with Gasteiger partial charge in [-0.05, 0) is 30.7 Å². The number of benzene rings is 3. The zero-order valence-corrected chi connectivity index (χ0v) is 18.7. The molecular weight excluding hydrogens is 404 g/mol. The predicted octanol–water partition coefficient (Wildman–Crippen LogP) is 5.26. The molecule has 0 fully saturated rings. The van der Waals surface area contributed by atoms with Gasteiger partial charge in [0.25, 0.3) is 0 Å². The van der Waals surface area contributed by atoms with Gasteiger partial charge in [0.15, 0.2) is 11.5 Å². The molecular formula is C26H26N2O4. The average Bonchev–Trinajstić information content (AvgIpc) is 3.28. The second-order valence-electron chi connectivity index (χ2n) is 7.98. The van der Waals surface area contributed by atoms with E-state index in [9.17, 15) is 0 Å². The summed E-state index contributed by atoms with van der Waals surface area (Å²) in [5.74, 6) is 2.59. The third kappa shape index (κ3) is 3.32. The van der Waals surface area contributed by atoms with E-state index in [1.807, 2.05) is 30.3 Å². The molecule has 0 aromatic heterocycles. The van der Waals surface area contributed by atoms with Gasteiger partial charge in [-0.2, -0.15) is 5.10 Å². The summed E-state index contributed by atoms with van der Waals surface area (Å²) in [6, 6.07) is 20.6. The molecule has 0 spiro atoms. The molecule has 0 radical (unpaired) electrons. The molecule has 2 unspecified atom stereocenters. The molecule has 0 saturated heterocycles. The first-order chi connectivity index (χ1) is 15.6. The minimum absolute atomic E-state index is 0.0837. The van der Waals surface area contributed by atoms with Crippen LogP contribution in [0.3, 0.4) is 0 Å². The minimum Gasteiger partial charge on any atom is -0.493 e. The fraction of sp³-hybridized carbons (Fsp3) is 0.269. The van der Waals surface area contributed by atoms with Crippen LogP contribution in [-0.4, -0.2) is 32.0 Å². The van der Waals surface area contributed by atoms with Gasteiger partial charge < -0.3 is 18.9 Å². The van der Waals surface area contributed by atoms with Crippen LogP contribution in [0.15, 0.2) is 65.8 Å². The average molecular weight is 431 g/mol. The Bertz CT molecular complexity index is 1150. The fourth-order valence-corrected chi connectivity index (χ4v) is 4.42. The molecule has 0 saturated carbocycles. The first-order valence-corrected chi connectivity index (χ1v) is 10.6. The van der Waals surface area contributed by atoms with Gasteiger partial charge in [0, 0.05) is 17.5 Å². The second kappa shape index (κ2) is 8.11. The van der Waals surface area contributed by atoms with E-state index in [0.717, 1.165) is 34.6 Å². The van der Waals surface area contributed by atoms with E-state index in [0.29, 0.717) is 17.2 Å². The number of para-hydroxylation sites is 1. The largest absolute Gasteiger partial charge is 0.493 e. The molecule has 2 aliphatic rings. The molecule has 0 N–H and O–H groups in total. The van der Waals surface area contributed by atoms with Crippen LogP contribution in [0.25, 0.3) is 0 Å². The Morgan fingerprint density at radius 3 is 2.25 bits per heavy atom. The summed E-state index contributed by atoms with van der Waals surface area (Å²) in [4.78, 5) is 0. The Balaban J connectivity index is 1.61. The fourth-order valence-electron chi connectivity index (χ4n) is 4.42. The van der Waals surface area contributed by atoms with Crippen molar-refractivity contribution in [2.45, 2.75) is 25.6 Å². The Hall–Kier alpha value is -3.67. The van der Waals surface area contributed by atoms with E-state index in [1.165, 1.54) is 5.56 Å². The van der Waals surface area contributed by atoms with Crippen molar-refractivity contribution < 1.29 is 18.9 Å². The zero-order valence-electron chi connectivity index (χ0n) is 18.7. The number of nitrogens with zero attached hydrogens (tertiary/aromatic N) is 2. The van der Waals surface area contributed by atoms with Crippen LogP contribution in [0.4, 0.5) is 0 Å². The number of hydrogen-bond donors (Lipinski definition) is 0. The SMILES string of the molecule is COc1cc(C2Oc3ccccc3C3CC(c4ccc(C)cc4)=NN32)cc(OC)c1OC. The summed E-state index contributed by atoms with van der Waals surface area (Å²) < 4.78 is 23.1.